The average Bonchev–Trinajstić information content (AvgIpc) is 2.40. The zero-order valence-electron chi connectivity index (χ0n) is 12.5. The Labute approximate surface area is 122 Å². The van der Waals surface area contributed by atoms with Gasteiger partial charge in [-0.05, 0) is 18.1 Å². The maximum atomic E-state index is 13.1. The number of nitrogens with one attached hydrogen (secondary N) is 1. The Morgan fingerprint density at radius 3 is 2.14 bits per heavy atom. The van der Waals surface area contributed by atoms with Crippen LogP contribution in [0, 0.1) is 28.8 Å². The number of rotatable bonds is 5. The van der Waals surface area contributed by atoms with Crippen LogP contribution in [0.2, 0.25) is 0 Å². The molecule has 3 nitrogen and oxygen atoms in total. The van der Waals surface area contributed by atoms with Crippen molar-refractivity contribution in [3.63, 3.8) is 0 Å². The second kappa shape index (κ2) is 6.47. The molecule has 0 fully saturated rings. The number of aliphatic hydroxyl groups excluding tert-OH is 1. The predicted molar refractivity (Wildman–Crippen MR) is 73.3 cm³/mol. The first-order chi connectivity index (χ1) is 9.56. The van der Waals surface area contributed by atoms with E-state index in [0.717, 1.165) is 0 Å². The summed E-state index contributed by atoms with van der Waals surface area (Å²) < 4.78 is 39.0. The van der Waals surface area contributed by atoms with Gasteiger partial charge >= 0.3 is 0 Å². The van der Waals surface area contributed by atoms with E-state index in [0.29, 0.717) is 12.1 Å². The lowest BCUT2D eigenvalue weighted by Crippen LogP contribution is -2.43. The van der Waals surface area contributed by atoms with Crippen LogP contribution < -0.4 is 5.32 Å². The van der Waals surface area contributed by atoms with Crippen molar-refractivity contribution in [2.75, 3.05) is 6.54 Å². The van der Waals surface area contributed by atoms with Gasteiger partial charge in [-0.1, -0.05) is 27.7 Å². The molecule has 0 saturated carbocycles. The molecule has 2 N–H and O–H groups in total. The van der Waals surface area contributed by atoms with Gasteiger partial charge in [-0.15, -0.1) is 0 Å². The first kappa shape index (κ1) is 17.5. The third-order valence-electron chi connectivity index (χ3n) is 3.38. The van der Waals surface area contributed by atoms with Crippen LogP contribution in [0.5, 0.6) is 0 Å². The van der Waals surface area contributed by atoms with Crippen molar-refractivity contribution in [2.24, 2.45) is 11.3 Å². The molecule has 0 aliphatic carbocycles. The molecule has 0 bridgehead atoms. The highest BCUT2D eigenvalue weighted by Crippen LogP contribution is 2.25. The molecular weight excluding hydrogens is 283 g/mol. The SMILES string of the molecule is CC(C)C(O)C(C)(C)CNC(=O)c1cc(F)c(F)c(F)c1. The minimum Gasteiger partial charge on any atom is -0.392 e. The molecule has 1 aromatic rings. The van der Waals surface area contributed by atoms with Gasteiger partial charge in [0.1, 0.15) is 0 Å². The molecule has 0 spiro atoms. The van der Waals surface area contributed by atoms with Gasteiger partial charge in [0.25, 0.3) is 5.91 Å². The van der Waals surface area contributed by atoms with Gasteiger partial charge < -0.3 is 10.4 Å². The minimum absolute atomic E-state index is 0.00221. The van der Waals surface area contributed by atoms with Crippen LogP contribution in [-0.4, -0.2) is 23.7 Å². The van der Waals surface area contributed by atoms with E-state index in [2.05, 4.69) is 5.32 Å². The number of benzene rings is 1. The number of carbonyl (C=O) groups is 1. The van der Waals surface area contributed by atoms with E-state index < -0.39 is 34.9 Å². The fourth-order valence-electron chi connectivity index (χ4n) is 2.10. The Bertz CT molecular complexity index is 507. The third kappa shape index (κ3) is 4.20. The molecule has 0 heterocycles. The summed E-state index contributed by atoms with van der Waals surface area (Å²) in [4.78, 5) is 11.9. The minimum atomic E-state index is -1.61. The fraction of sp³-hybridized carbons (Fsp3) is 0.533. The third-order valence-corrected chi connectivity index (χ3v) is 3.38. The van der Waals surface area contributed by atoms with Gasteiger partial charge in [0.05, 0.1) is 6.10 Å². The van der Waals surface area contributed by atoms with Crippen molar-refractivity contribution in [3.8, 4) is 0 Å². The number of aliphatic hydroxyl groups is 1. The van der Waals surface area contributed by atoms with E-state index in [-0.39, 0.29) is 18.0 Å². The van der Waals surface area contributed by atoms with Crippen LogP contribution in [0.15, 0.2) is 12.1 Å². The Hall–Kier alpha value is -1.56. The quantitative estimate of drug-likeness (QED) is 0.822. The summed E-state index contributed by atoms with van der Waals surface area (Å²) in [5, 5.41) is 12.5. The number of amides is 1. The monoisotopic (exact) mass is 303 g/mol. The average molecular weight is 303 g/mol. The lowest BCUT2D eigenvalue weighted by Gasteiger charge is -2.33. The number of hydrogen-bond donors (Lipinski definition) is 2. The second-order valence-electron chi connectivity index (χ2n) is 6.11. The Morgan fingerprint density at radius 2 is 1.71 bits per heavy atom. The highest BCUT2D eigenvalue weighted by Gasteiger charge is 2.30. The lowest BCUT2D eigenvalue weighted by atomic mass is 9.80. The maximum Gasteiger partial charge on any atom is 0.251 e. The van der Waals surface area contributed by atoms with Gasteiger partial charge in [-0.25, -0.2) is 13.2 Å². The smallest absolute Gasteiger partial charge is 0.251 e. The van der Waals surface area contributed by atoms with E-state index in [1.54, 1.807) is 13.8 Å². The number of carbonyl (C=O) groups excluding carboxylic acids is 1. The van der Waals surface area contributed by atoms with Crippen molar-refractivity contribution in [3.05, 3.63) is 35.1 Å². The Balaban J connectivity index is 2.79. The molecule has 21 heavy (non-hydrogen) atoms. The molecular formula is C15H20F3NO2. The molecule has 1 aromatic carbocycles. The summed E-state index contributed by atoms with van der Waals surface area (Å²) in [7, 11) is 0. The molecule has 1 rings (SSSR count). The zero-order chi connectivity index (χ0) is 16.4. The predicted octanol–water partition coefficient (Wildman–Crippen LogP) is 2.88. The normalized spacial score (nSPS) is 13.4. The molecule has 1 atom stereocenters. The summed E-state index contributed by atoms with van der Waals surface area (Å²) in [6.07, 6.45) is -0.653. The maximum absolute atomic E-state index is 13.1. The molecule has 0 aliphatic rings. The Kier molecular flexibility index (Phi) is 5.39. The van der Waals surface area contributed by atoms with Gasteiger partial charge in [0, 0.05) is 17.5 Å². The Morgan fingerprint density at radius 1 is 1.24 bits per heavy atom. The summed E-state index contributed by atoms with van der Waals surface area (Å²) >= 11 is 0. The summed E-state index contributed by atoms with van der Waals surface area (Å²) in [5.41, 5.74) is -0.915. The van der Waals surface area contributed by atoms with Crippen LogP contribution in [0.3, 0.4) is 0 Å². The molecule has 6 heteroatoms. The van der Waals surface area contributed by atoms with Gasteiger partial charge in [0.15, 0.2) is 17.5 Å². The highest BCUT2D eigenvalue weighted by molar-refractivity contribution is 5.94. The van der Waals surface area contributed by atoms with E-state index >= 15 is 0 Å². The second-order valence-corrected chi connectivity index (χ2v) is 6.11. The molecule has 1 unspecified atom stereocenters. The van der Waals surface area contributed by atoms with E-state index in [9.17, 15) is 23.1 Å². The summed E-state index contributed by atoms with van der Waals surface area (Å²) in [6.45, 7) is 7.34. The number of hydrogen-bond acceptors (Lipinski definition) is 2. The van der Waals surface area contributed by atoms with Crippen LogP contribution >= 0.6 is 0 Å². The van der Waals surface area contributed by atoms with Crippen LogP contribution in [0.25, 0.3) is 0 Å². The van der Waals surface area contributed by atoms with Crippen LogP contribution in [-0.2, 0) is 0 Å². The zero-order valence-corrected chi connectivity index (χ0v) is 12.5. The van der Waals surface area contributed by atoms with E-state index in [1.807, 2.05) is 13.8 Å². The molecule has 1 amide bonds. The first-order valence-electron chi connectivity index (χ1n) is 6.67. The van der Waals surface area contributed by atoms with Crippen LogP contribution in [0.4, 0.5) is 13.2 Å². The largest absolute Gasteiger partial charge is 0.392 e. The van der Waals surface area contributed by atoms with E-state index in [4.69, 9.17) is 0 Å². The summed E-state index contributed by atoms with van der Waals surface area (Å²) in [5.74, 6) is -5.17. The molecule has 118 valence electrons. The highest BCUT2D eigenvalue weighted by atomic mass is 19.2. The molecule has 0 aliphatic heterocycles. The van der Waals surface area contributed by atoms with Gasteiger partial charge in [-0.2, -0.15) is 0 Å². The van der Waals surface area contributed by atoms with Crippen molar-refractivity contribution < 1.29 is 23.1 Å². The van der Waals surface area contributed by atoms with E-state index in [1.165, 1.54) is 0 Å². The van der Waals surface area contributed by atoms with Crippen molar-refractivity contribution >= 4 is 5.91 Å². The van der Waals surface area contributed by atoms with Crippen LogP contribution in [0.1, 0.15) is 38.1 Å². The van der Waals surface area contributed by atoms with Gasteiger partial charge in [-0.3, -0.25) is 4.79 Å². The molecule has 0 aromatic heterocycles. The fourth-order valence-corrected chi connectivity index (χ4v) is 2.10. The number of halogens is 3. The van der Waals surface area contributed by atoms with Crippen molar-refractivity contribution in [1.82, 2.24) is 5.32 Å². The van der Waals surface area contributed by atoms with Crippen molar-refractivity contribution in [2.45, 2.75) is 33.8 Å². The standard InChI is InChI=1S/C15H20F3NO2/c1-8(2)13(20)15(3,4)7-19-14(21)9-5-10(16)12(18)11(17)6-9/h5-6,8,13,20H,7H2,1-4H3,(H,19,21). The molecule has 0 saturated heterocycles. The topological polar surface area (TPSA) is 49.3 Å². The van der Waals surface area contributed by atoms with Gasteiger partial charge in [0.2, 0.25) is 0 Å². The molecule has 0 radical (unpaired) electrons. The first-order valence-corrected chi connectivity index (χ1v) is 6.67. The lowest BCUT2D eigenvalue weighted by molar-refractivity contribution is 0.0138. The summed E-state index contributed by atoms with van der Waals surface area (Å²) in [6, 6.07) is 1.28. The van der Waals surface area contributed by atoms with Crippen molar-refractivity contribution in [1.29, 1.82) is 0 Å².